The zero-order chi connectivity index (χ0) is 30.2. The predicted octanol–water partition coefficient (Wildman–Crippen LogP) is 4.96. The Morgan fingerprint density at radius 1 is 1.02 bits per heavy atom. The standard InChI is InChI=1S/C29H36N2O8S2/c1-28(19-10-13-23-40(34,35)36)25-16-7-8-17-26(25)31(22-12-3-6-18-27(32)33)29(28,41(37,38)39)20-9-11-21-30-24-14-4-2-5-15-24/h2,4-5,8-9,11,14-17,20-21,30H,3,6,10,12-13,18-19,22-23H2,1H3,(H2-,32,33,34,35,36,37,38,39)/p+1. The van der Waals surface area contributed by atoms with Crippen molar-refractivity contribution in [3.63, 3.8) is 0 Å². The molecule has 0 fully saturated rings. The Labute approximate surface area is 242 Å². The van der Waals surface area contributed by atoms with Crippen LogP contribution in [0.15, 0.2) is 84.3 Å². The third kappa shape index (κ3) is 7.72. The second-order valence-corrected chi connectivity index (χ2v) is 13.4. The summed E-state index contributed by atoms with van der Waals surface area (Å²) in [4.78, 5) is 10.6. The van der Waals surface area contributed by atoms with Gasteiger partial charge >= 0.3 is 5.97 Å². The molecule has 0 spiro atoms. The fourth-order valence-electron chi connectivity index (χ4n) is 5.56. The van der Waals surface area contributed by atoms with Crippen molar-refractivity contribution in [2.45, 2.75) is 56.7 Å². The second-order valence-electron chi connectivity index (χ2n) is 10.3. The van der Waals surface area contributed by atoms with Crippen LogP contribution >= 0.6 is 0 Å². The van der Waals surface area contributed by atoms with E-state index in [9.17, 15) is 30.7 Å². The molecule has 0 bridgehead atoms. The van der Waals surface area contributed by atoms with Gasteiger partial charge in [-0.3, -0.25) is 13.9 Å². The molecule has 2 unspecified atom stereocenters. The Bertz CT molecular complexity index is 1450. The third-order valence-electron chi connectivity index (χ3n) is 7.47. The lowest BCUT2D eigenvalue weighted by molar-refractivity contribution is -0.137. The van der Waals surface area contributed by atoms with Crippen LogP contribution in [0.2, 0.25) is 0 Å². The Kier molecular flexibility index (Phi) is 10.7. The molecule has 1 aromatic carbocycles. The van der Waals surface area contributed by atoms with E-state index in [0.29, 0.717) is 30.5 Å². The fraction of sp³-hybridized carbons (Fsp3) is 0.414. The fourth-order valence-corrected chi connectivity index (χ4v) is 7.63. The first-order chi connectivity index (χ1) is 19.3. The van der Waals surface area contributed by atoms with Gasteiger partial charge in [0.2, 0.25) is 4.87 Å². The van der Waals surface area contributed by atoms with Gasteiger partial charge in [0, 0.05) is 30.9 Å². The van der Waals surface area contributed by atoms with E-state index in [1.165, 1.54) is 6.08 Å². The molecule has 10 nitrogen and oxygen atoms in total. The molecule has 1 heterocycles. The van der Waals surface area contributed by atoms with Crippen molar-refractivity contribution >= 4 is 31.9 Å². The van der Waals surface area contributed by atoms with Crippen molar-refractivity contribution in [3.8, 4) is 0 Å². The molecule has 12 heteroatoms. The average Bonchev–Trinajstić information content (AvgIpc) is 3.11. The summed E-state index contributed by atoms with van der Waals surface area (Å²) in [6, 6.07) is 9.36. The van der Waals surface area contributed by atoms with Crippen molar-refractivity contribution in [3.05, 3.63) is 90.3 Å². The molecule has 222 valence electrons. The van der Waals surface area contributed by atoms with Crippen LogP contribution in [0.25, 0.3) is 0 Å². The van der Waals surface area contributed by atoms with Gasteiger partial charge in [0.25, 0.3) is 20.2 Å². The first kappa shape index (κ1) is 32.2. The normalized spacial score (nSPS) is 22.5. The van der Waals surface area contributed by atoms with Crippen LogP contribution in [0.1, 0.15) is 51.9 Å². The Balaban J connectivity index is 2.02. The van der Waals surface area contributed by atoms with Gasteiger partial charge < -0.3 is 15.3 Å². The number of nitrogens with zero attached hydrogens (tertiary/aromatic N) is 1. The number of para-hydroxylation sites is 1. The largest absolute Gasteiger partial charge is 0.481 e. The maximum absolute atomic E-state index is 13.5. The number of hydrogen-bond acceptors (Lipinski definition) is 7. The van der Waals surface area contributed by atoms with Gasteiger partial charge in [-0.2, -0.15) is 16.8 Å². The molecule has 0 radical (unpaired) electrons. The van der Waals surface area contributed by atoms with Gasteiger partial charge in [-0.05, 0) is 56.9 Å². The number of rotatable bonds is 16. The van der Waals surface area contributed by atoms with E-state index in [4.69, 9.17) is 5.11 Å². The number of carbonyl (C=O) groups is 1. The summed E-state index contributed by atoms with van der Waals surface area (Å²) < 4.78 is 69.8. The van der Waals surface area contributed by atoms with Crippen LogP contribution in [0, 0.1) is 11.5 Å². The summed E-state index contributed by atoms with van der Waals surface area (Å²) in [6.07, 6.45) is 16.3. The predicted molar refractivity (Wildman–Crippen MR) is 158 cm³/mol. The van der Waals surface area contributed by atoms with E-state index in [1.54, 1.807) is 48.4 Å². The minimum absolute atomic E-state index is 0.000416. The van der Waals surface area contributed by atoms with E-state index >= 15 is 0 Å². The molecular formula is C29H37N2O8S2+. The van der Waals surface area contributed by atoms with Crippen LogP contribution in [-0.4, -0.2) is 59.1 Å². The second kappa shape index (κ2) is 13.6. The number of carboxylic acid groups (broad SMARTS) is 1. The van der Waals surface area contributed by atoms with Crippen LogP contribution in [0.4, 0.5) is 5.69 Å². The topological polar surface area (TPSA) is 161 Å². The number of nitrogens with one attached hydrogen (secondary N) is 1. The lowest BCUT2D eigenvalue weighted by atomic mass is 9.72. The molecular weight excluding hydrogens is 568 g/mol. The summed E-state index contributed by atoms with van der Waals surface area (Å²) in [5.74, 6) is -1.37. The van der Waals surface area contributed by atoms with Gasteiger partial charge in [-0.1, -0.05) is 37.1 Å². The highest BCUT2D eigenvalue weighted by Gasteiger charge is 2.68. The highest BCUT2D eigenvalue weighted by atomic mass is 32.2. The molecule has 0 aromatic heterocycles. The van der Waals surface area contributed by atoms with E-state index in [2.05, 4.69) is 11.4 Å². The Hall–Kier alpha value is -3.28. The van der Waals surface area contributed by atoms with Gasteiger partial charge in [0.1, 0.15) is 12.2 Å². The van der Waals surface area contributed by atoms with E-state index in [1.807, 2.05) is 30.3 Å². The average molecular weight is 606 g/mol. The molecule has 1 aliphatic carbocycles. The molecule has 0 amide bonds. The first-order valence-corrected chi connectivity index (χ1v) is 16.4. The minimum atomic E-state index is -4.84. The van der Waals surface area contributed by atoms with Gasteiger partial charge in [-0.25, -0.2) is 0 Å². The van der Waals surface area contributed by atoms with E-state index < -0.39 is 42.2 Å². The van der Waals surface area contributed by atoms with Crippen molar-refractivity contribution in [1.29, 1.82) is 0 Å². The first-order valence-electron chi connectivity index (χ1n) is 13.4. The maximum atomic E-state index is 13.5. The monoisotopic (exact) mass is 605 g/mol. The lowest BCUT2D eigenvalue weighted by Gasteiger charge is -2.43. The van der Waals surface area contributed by atoms with Crippen molar-refractivity contribution in [1.82, 2.24) is 4.90 Å². The zero-order valence-electron chi connectivity index (χ0n) is 22.9. The summed E-state index contributed by atoms with van der Waals surface area (Å²) in [5.41, 5.74) is 0.821. The molecule has 41 heavy (non-hydrogen) atoms. The SMILES string of the molecule is CC1(CCCCS(=O)(=O)O)C2=C(C=C[C+]=C2)N(CCCCCC(=O)O)C1(C=CC=CNc1ccccc1)S(=O)(=O)O. The van der Waals surface area contributed by atoms with Gasteiger partial charge in [0.15, 0.2) is 5.70 Å². The summed E-state index contributed by atoms with van der Waals surface area (Å²) in [5, 5.41) is 12.1. The highest BCUT2D eigenvalue weighted by Crippen LogP contribution is 2.58. The van der Waals surface area contributed by atoms with Gasteiger partial charge in [-0.15, -0.1) is 0 Å². The summed E-state index contributed by atoms with van der Waals surface area (Å²) >= 11 is 0. The smallest absolute Gasteiger partial charge is 0.303 e. The molecule has 1 aromatic rings. The summed E-state index contributed by atoms with van der Waals surface area (Å²) in [6.45, 7) is 1.94. The van der Waals surface area contributed by atoms with E-state index in [-0.39, 0.29) is 32.2 Å². The molecule has 1 aliphatic heterocycles. The lowest BCUT2D eigenvalue weighted by Crippen LogP contribution is -2.58. The maximum Gasteiger partial charge on any atom is 0.303 e. The minimum Gasteiger partial charge on any atom is -0.481 e. The summed E-state index contributed by atoms with van der Waals surface area (Å²) in [7, 11) is -9.03. The van der Waals surface area contributed by atoms with E-state index in [0.717, 1.165) is 5.69 Å². The van der Waals surface area contributed by atoms with Crippen LogP contribution in [0.5, 0.6) is 0 Å². The zero-order valence-corrected chi connectivity index (χ0v) is 24.6. The van der Waals surface area contributed by atoms with Crippen LogP contribution in [-0.2, 0) is 25.0 Å². The molecule has 0 saturated carbocycles. The molecule has 0 saturated heterocycles. The molecule has 4 N–H and O–H groups in total. The quantitative estimate of drug-likeness (QED) is 0.0877. The number of hydrogen-bond donors (Lipinski definition) is 4. The Morgan fingerprint density at radius 3 is 2.41 bits per heavy atom. The number of benzene rings is 1. The highest BCUT2D eigenvalue weighted by molar-refractivity contribution is 7.87. The number of allylic oxidation sites excluding steroid dienone is 6. The van der Waals surface area contributed by atoms with Crippen molar-refractivity contribution < 1.29 is 35.8 Å². The number of aliphatic carboxylic acids is 1. The molecule has 3 rings (SSSR count). The molecule has 2 aliphatic rings. The van der Waals surface area contributed by atoms with Crippen molar-refractivity contribution in [2.75, 3.05) is 17.6 Å². The Morgan fingerprint density at radius 2 is 1.76 bits per heavy atom. The molecule has 2 atom stereocenters. The number of carboxylic acids is 1. The third-order valence-corrected chi connectivity index (χ3v) is 9.86. The van der Waals surface area contributed by atoms with Crippen molar-refractivity contribution in [2.24, 2.45) is 5.41 Å². The van der Waals surface area contributed by atoms with Gasteiger partial charge in [0.05, 0.1) is 22.8 Å². The van der Waals surface area contributed by atoms with Crippen LogP contribution in [0.3, 0.4) is 0 Å². The van der Waals surface area contributed by atoms with Crippen LogP contribution < -0.4 is 5.32 Å². The number of unbranched alkanes of at least 4 members (excludes halogenated alkanes) is 3. The number of anilines is 1.